The molecule has 0 radical (unpaired) electrons. The van der Waals surface area contributed by atoms with Crippen molar-refractivity contribution in [1.29, 1.82) is 0 Å². The summed E-state index contributed by atoms with van der Waals surface area (Å²) in [7, 11) is 0. The quantitative estimate of drug-likeness (QED) is 0.781. The van der Waals surface area contributed by atoms with Crippen molar-refractivity contribution in [1.82, 2.24) is 0 Å². The fourth-order valence-electron chi connectivity index (χ4n) is 1.39. The lowest BCUT2D eigenvalue weighted by Gasteiger charge is -1.99. The van der Waals surface area contributed by atoms with Crippen molar-refractivity contribution in [3.05, 3.63) is 56.4 Å². The van der Waals surface area contributed by atoms with Crippen LogP contribution in [0.25, 0.3) is 0 Å². The highest BCUT2D eigenvalue weighted by atomic mass is 79.9. The molecule has 1 nitrogen and oxygen atoms in total. The standard InChI is InChI=1S/C12H8BrFOS/c13-12-6-9(7-16-12)11(15)5-8-2-1-3-10(14)4-8/h1-4,6-7H,5H2. The van der Waals surface area contributed by atoms with E-state index in [1.54, 1.807) is 23.6 Å². The molecule has 1 heterocycles. The number of hydrogen-bond acceptors (Lipinski definition) is 2. The molecule has 2 rings (SSSR count). The number of hydrogen-bond donors (Lipinski definition) is 0. The smallest absolute Gasteiger partial charge is 0.168 e. The minimum absolute atomic E-state index is 0.00699. The first-order valence-corrected chi connectivity index (χ1v) is 6.34. The molecule has 0 bridgehead atoms. The summed E-state index contributed by atoms with van der Waals surface area (Å²) in [4.78, 5) is 11.8. The van der Waals surface area contributed by atoms with E-state index < -0.39 is 0 Å². The van der Waals surface area contributed by atoms with Crippen LogP contribution in [0.5, 0.6) is 0 Å². The summed E-state index contributed by atoms with van der Waals surface area (Å²) in [6.07, 6.45) is 0.237. The van der Waals surface area contributed by atoms with E-state index in [0.717, 1.165) is 3.79 Å². The molecule has 2 aromatic rings. The van der Waals surface area contributed by atoms with Crippen LogP contribution in [0.4, 0.5) is 4.39 Å². The predicted molar refractivity (Wildman–Crippen MR) is 66.5 cm³/mol. The number of thiophene rings is 1. The van der Waals surface area contributed by atoms with Gasteiger partial charge in [0.2, 0.25) is 0 Å². The Bertz CT molecular complexity index is 521. The van der Waals surface area contributed by atoms with Crippen molar-refractivity contribution < 1.29 is 9.18 Å². The summed E-state index contributed by atoms with van der Waals surface area (Å²) in [5.41, 5.74) is 1.37. The van der Waals surface area contributed by atoms with Crippen LogP contribution in [-0.2, 0) is 6.42 Å². The molecule has 0 saturated carbocycles. The maximum atomic E-state index is 12.9. The maximum Gasteiger partial charge on any atom is 0.168 e. The number of benzene rings is 1. The van der Waals surface area contributed by atoms with Crippen molar-refractivity contribution in [2.45, 2.75) is 6.42 Å². The van der Waals surface area contributed by atoms with Gasteiger partial charge in [0, 0.05) is 17.4 Å². The Morgan fingerprint density at radius 2 is 2.19 bits per heavy atom. The van der Waals surface area contributed by atoms with Crippen LogP contribution in [0.15, 0.2) is 39.5 Å². The highest BCUT2D eigenvalue weighted by molar-refractivity contribution is 9.11. The van der Waals surface area contributed by atoms with Crippen molar-refractivity contribution in [2.24, 2.45) is 0 Å². The summed E-state index contributed by atoms with van der Waals surface area (Å²) in [5, 5.41) is 1.80. The van der Waals surface area contributed by atoms with E-state index in [1.165, 1.54) is 23.5 Å². The Kier molecular flexibility index (Phi) is 3.51. The first-order chi connectivity index (χ1) is 7.65. The van der Waals surface area contributed by atoms with Gasteiger partial charge in [0.15, 0.2) is 5.78 Å². The molecule has 1 aromatic heterocycles. The topological polar surface area (TPSA) is 17.1 Å². The second-order valence-electron chi connectivity index (χ2n) is 3.37. The molecule has 16 heavy (non-hydrogen) atoms. The second kappa shape index (κ2) is 4.89. The summed E-state index contributed by atoms with van der Waals surface area (Å²) >= 11 is 4.77. The van der Waals surface area contributed by atoms with Crippen LogP contribution in [0.1, 0.15) is 15.9 Å². The number of halogens is 2. The number of rotatable bonds is 3. The molecule has 4 heteroatoms. The van der Waals surface area contributed by atoms with E-state index in [1.807, 2.05) is 0 Å². The van der Waals surface area contributed by atoms with Crippen LogP contribution in [0, 0.1) is 5.82 Å². The van der Waals surface area contributed by atoms with E-state index in [0.29, 0.717) is 11.1 Å². The van der Waals surface area contributed by atoms with Crippen LogP contribution in [-0.4, -0.2) is 5.78 Å². The Morgan fingerprint density at radius 3 is 2.81 bits per heavy atom. The molecule has 0 atom stereocenters. The fourth-order valence-corrected chi connectivity index (χ4v) is 2.55. The molecule has 0 fully saturated rings. The van der Waals surface area contributed by atoms with Crippen molar-refractivity contribution >= 4 is 33.0 Å². The monoisotopic (exact) mass is 298 g/mol. The number of carbonyl (C=O) groups excluding carboxylic acids is 1. The lowest BCUT2D eigenvalue weighted by Crippen LogP contribution is -2.02. The molecule has 0 spiro atoms. The zero-order valence-electron chi connectivity index (χ0n) is 8.24. The van der Waals surface area contributed by atoms with Gasteiger partial charge < -0.3 is 0 Å². The van der Waals surface area contributed by atoms with Gasteiger partial charge in [-0.25, -0.2) is 4.39 Å². The normalized spacial score (nSPS) is 10.4. The largest absolute Gasteiger partial charge is 0.294 e. The number of Topliss-reactive ketones (excluding diaryl/α,β-unsaturated/α-hetero) is 1. The first kappa shape index (κ1) is 11.5. The molecule has 0 aliphatic heterocycles. The van der Waals surface area contributed by atoms with Gasteiger partial charge in [-0.3, -0.25) is 4.79 Å². The van der Waals surface area contributed by atoms with Crippen LogP contribution < -0.4 is 0 Å². The molecule has 0 unspecified atom stereocenters. The van der Waals surface area contributed by atoms with Gasteiger partial charge in [-0.05, 0) is 39.7 Å². The minimum Gasteiger partial charge on any atom is -0.294 e. The molecule has 0 aliphatic rings. The van der Waals surface area contributed by atoms with Crippen molar-refractivity contribution in [3.63, 3.8) is 0 Å². The van der Waals surface area contributed by atoms with Crippen LogP contribution in [0.2, 0.25) is 0 Å². The van der Waals surface area contributed by atoms with E-state index in [4.69, 9.17) is 0 Å². The molecule has 0 amide bonds. The average molecular weight is 299 g/mol. The maximum absolute atomic E-state index is 12.9. The first-order valence-electron chi connectivity index (χ1n) is 4.67. The van der Waals surface area contributed by atoms with Gasteiger partial charge in [-0.2, -0.15) is 0 Å². The van der Waals surface area contributed by atoms with Crippen molar-refractivity contribution in [2.75, 3.05) is 0 Å². The molecule has 82 valence electrons. The molecule has 0 saturated heterocycles. The summed E-state index contributed by atoms with van der Waals surface area (Å²) in [5.74, 6) is -0.302. The minimum atomic E-state index is -0.309. The average Bonchev–Trinajstić information content (AvgIpc) is 2.65. The third-order valence-electron chi connectivity index (χ3n) is 2.14. The summed E-state index contributed by atoms with van der Waals surface area (Å²) in [6.45, 7) is 0. The Hall–Kier alpha value is -1.00. The lowest BCUT2D eigenvalue weighted by molar-refractivity contribution is 0.0993. The summed E-state index contributed by atoms with van der Waals surface area (Å²) < 4.78 is 13.8. The Morgan fingerprint density at radius 1 is 1.38 bits per heavy atom. The summed E-state index contributed by atoms with van der Waals surface area (Å²) in [6, 6.07) is 7.91. The zero-order valence-corrected chi connectivity index (χ0v) is 10.6. The van der Waals surface area contributed by atoms with Gasteiger partial charge in [-0.1, -0.05) is 12.1 Å². The SMILES string of the molecule is O=C(Cc1cccc(F)c1)c1csc(Br)c1. The molecule has 0 N–H and O–H groups in total. The third-order valence-corrected chi connectivity index (χ3v) is 3.65. The Balaban J connectivity index is 2.13. The molecular weight excluding hydrogens is 291 g/mol. The van der Waals surface area contributed by atoms with Gasteiger partial charge in [-0.15, -0.1) is 11.3 Å². The van der Waals surface area contributed by atoms with Gasteiger partial charge in [0.1, 0.15) is 5.82 Å². The van der Waals surface area contributed by atoms with Gasteiger partial charge in [0.25, 0.3) is 0 Å². The van der Waals surface area contributed by atoms with Gasteiger partial charge in [0.05, 0.1) is 3.79 Å². The molecule has 0 aliphatic carbocycles. The van der Waals surface area contributed by atoms with Crippen molar-refractivity contribution in [3.8, 4) is 0 Å². The van der Waals surface area contributed by atoms with E-state index in [2.05, 4.69) is 15.9 Å². The number of carbonyl (C=O) groups is 1. The van der Waals surface area contributed by atoms with Crippen LogP contribution in [0.3, 0.4) is 0 Å². The predicted octanol–water partition coefficient (Wildman–Crippen LogP) is 4.08. The zero-order chi connectivity index (χ0) is 11.5. The van der Waals surface area contributed by atoms with E-state index in [-0.39, 0.29) is 18.0 Å². The van der Waals surface area contributed by atoms with E-state index in [9.17, 15) is 9.18 Å². The van der Waals surface area contributed by atoms with Crippen LogP contribution >= 0.6 is 27.3 Å². The second-order valence-corrected chi connectivity index (χ2v) is 5.66. The highest BCUT2D eigenvalue weighted by Crippen LogP contribution is 2.21. The number of ketones is 1. The molecule has 1 aromatic carbocycles. The fraction of sp³-hybridized carbons (Fsp3) is 0.0833. The third kappa shape index (κ3) is 2.77. The van der Waals surface area contributed by atoms with E-state index >= 15 is 0 Å². The lowest BCUT2D eigenvalue weighted by atomic mass is 10.1. The molecular formula is C12H8BrFOS. The highest BCUT2D eigenvalue weighted by Gasteiger charge is 2.09. The van der Waals surface area contributed by atoms with Gasteiger partial charge >= 0.3 is 0 Å². The Labute approximate surface area is 105 Å².